The van der Waals surface area contributed by atoms with Crippen LogP contribution in [0.15, 0.2) is 30.3 Å². The van der Waals surface area contributed by atoms with Gasteiger partial charge in [-0.25, -0.2) is 0 Å². The molecule has 0 saturated carbocycles. The van der Waals surface area contributed by atoms with E-state index in [4.69, 9.17) is 0 Å². The fourth-order valence-electron chi connectivity index (χ4n) is 2.71. The van der Waals surface area contributed by atoms with Gasteiger partial charge in [0.25, 0.3) is 0 Å². The summed E-state index contributed by atoms with van der Waals surface area (Å²) in [6.07, 6.45) is -2.27. The number of allylic oxidation sites excluding steroid dienone is 1. The summed E-state index contributed by atoms with van der Waals surface area (Å²) in [5.41, 5.74) is 4.40. The minimum absolute atomic E-state index is 0.118. The molecule has 0 N–H and O–H groups in total. The highest BCUT2D eigenvalue weighted by Gasteiger charge is 2.34. The number of hydrogen-bond acceptors (Lipinski definition) is 1. The Morgan fingerprint density at radius 1 is 1.00 bits per heavy atom. The molecule has 0 heterocycles. The zero-order valence-electron chi connectivity index (χ0n) is 19.3. The zero-order valence-corrected chi connectivity index (χ0v) is 20.3. The van der Waals surface area contributed by atoms with Crippen molar-refractivity contribution in [3.05, 3.63) is 41.5 Å². The second-order valence-electron chi connectivity index (χ2n) is 9.70. The Hall–Kier alpha value is -1.51. The van der Waals surface area contributed by atoms with E-state index in [1.165, 1.54) is 12.1 Å². The van der Waals surface area contributed by atoms with Gasteiger partial charge in [-0.3, -0.25) is 4.90 Å². The topological polar surface area (TPSA) is 3.24 Å². The molecular formula is C24H36F3NSi. The first-order valence-electron chi connectivity index (χ1n) is 10.2. The van der Waals surface area contributed by atoms with E-state index in [0.717, 1.165) is 23.3 Å². The number of hydrogen-bond donors (Lipinski definition) is 0. The van der Waals surface area contributed by atoms with Gasteiger partial charge in [0.05, 0.1) is 5.56 Å². The Balaban J connectivity index is 3.38. The molecular weight excluding hydrogens is 387 g/mol. The Morgan fingerprint density at radius 3 is 1.86 bits per heavy atom. The molecule has 0 aliphatic rings. The van der Waals surface area contributed by atoms with Crippen molar-refractivity contribution in [2.24, 2.45) is 0 Å². The van der Waals surface area contributed by atoms with Gasteiger partial charge in [0, 0.05) is 24.2 Å². The Kier molecular flexibility index (Phi) is 8.39. The monoisotopic (exact) mass is 423 g/mol. The first kappa shape index (κ1) is 25.5. The number of rotatable bonds is 5. The highest BCUT2D eigenvalue weighted by molar-refractivity contribution is 6.87. The van der Waals surface area contributed by atoms with Gasteiger partial charge in [0.15, 0.2) is 0 Å². The molecule has 5 heteroatoms. The maximum absolute atomic E-state index is 12.9. The molecule has 0 amide bonds. The molecule has 0 aromatic heterocycles. The lowest BCUT2D eigenvalue weighted by atomic mass is 10.0. The van der Waals surface area contributed by atoms with Crippen LogP contribution in [0.3, 0.4) is 0 Å². The summed E-state index contributed by atoms with van der Waals surface area (Å²) >= 11 is 0. The largest absolute Gasteiger partial charge is 0.416 e. The van der Waals surface area contributed by atoms with Gasteiger partial charge in [-0.15, -0.1) is 5.54 Å². The van der Waals surface area contributed by atoms with Gasteiger partial charge in [-0.2, -0.15) is 13.2 Å². The SMILES string of the molecule is CC(C)N(C/C=C(/C#C[Si](C)(C)C(C)(C)C)c1ccc(C(F)(F)F)cc1)C(C)C. The van der Waals surface area contributed by atoms with Crippen LogP contribution in [0.2, 0.25) is 18.1 Å². The fourth-order valence-corrected chi connectivity index (χ4v) is 3.53. The predicted octanol–water partition coefficient (Wildman–Crippen LogP) is 7.26. The predicted molar refractivity (Wildman–Crippen MR) is 121 cm³/mol. The molecule has 1 aromatic carbocycles. The molecule has 162 valence electrons. The summed E-state index contributed by atoms with van der Waals surface area (Å²) in [4.78, 5) is 2.33. The molecule has 29 heavy (non-hydrogen) atoms. The summed E-state index contributed by atoms with van der Waals surface area (Å²) in [5.74, 6) is 3.34. The lowest BCUT2D eigenvalue weighted by Gasteiger charge is -2.31. The van der Waals surface area contributed by atoms with E-state index in [9.17, 15) is 13.2 Å². The number of alkyl halides is 3. The Labute approximate surface area is 176 Å². The third-order valence-electron chi connectivity index (χ3n) is 5.74. The molecule has 0 atom stereocenters. The second-order valence-corrected chi connectivity index (χ2v) is 14.7. The third-order valence-corrected chi connectivity index (χ3v) is 10.2. The number of benzene rings is 1. The van der Waals surface area contributed by atoms with Crippen LogP contribution < -0.4 is 0 Å². The van der Waals surface area contributed by atoms with Crippen LogP contribution in [0.4, 0.5) is 13.2 Å². The average Bonchev–Trinajstić information content (AvgIpc) is 2.55. The molecule has 0 fully saturated rings. The van der Waals surface area contributed by atoms with Crippen molar-refractivity contribution in [2.75, 3.05) is 6.54 Å². The van der Waals surface area contributed by atoms with Crippen molar-refractivity contribution in [3.8, 4) is 11.5 Å². The van der Waals surface area contributed by atoms with Gasteiger partial charge in [-0.05, 0) is 50.4 Å². The van der Waals surface area contributed by atoms with Crippen molar-refractivity contribution in [1.82, 2.24) is 4.90 Å². The quantitative estimate of drug-likeness (QED) is 0.356. The van der Waals surface area contributed by atoms with Crippen LogP contribution in [-0.2, 0) is 6.18 Å². The van der Waals surface area contributed by atoms with E-state index in [0.29, 0.717) is 18.6 Å². The molecule has 0 unspecified atom stereocenters. The van der Waals surface area contributed by atoms with Crippen LogP contribution >= 0.6 is 0 Å². The molecule has 0 radical (unpaired) electrons. The highest BCUT2D eigenvalue weighted by Crippen LogP contribution is 2.35. The normalized spacial score (nSPS) is 13.8. The standard InChI is InChI=1S/C24H36F3NSi/c1-18(2)28(19(3)4)16-14-21(15-17-29(8,9)23(5,6)7)20-10-12-22(13-11-20)24(25,26)27/h10-14,18-19H,16H2,1-9H3/b21-14-. The van der Waals surface area contributed by atoms with Gasteiger partial charge in [-0.1, -0.05) is 58.0 Å². The first-order valence-corrected chi connectivity index (χ1v) is 13.2. The Morgan fingerprint density at radius 2 is 1.48 bits per heavy atom. The van der Waals surface area contributed by atoms with Crippen LogP contribution in [0, 0.1) is 11.5 Å². The van der Waals surface area contributed by atoms with E-state index in [-0.39, 0.29) is 5.04 Å². The van der Waals surface area contributed by atoms with Crippen molar-refractivity contribution in [1.29, 1.82) is 0 Å². The maximum Gasteiger partial charge on any atom is 0.416 e. The minimum atomic E-state index is -4.33. The number of halogens is 3. The fraction of sp³-hybridized carbons (Fsp3) is 0.583. The minimum Gasteiger partial charge on any atom is -0.295 e. The molecule has 1 aromatic rings. The smallest absolute Gasteiger partial charge is 0.295 e. The molecule has 0 aliphatic carbocycles. The summed E-state index contributed by atoms with van der Waals surface area (Å²) in [6.45, 7) is 20.4. The van der Waals surface area contributed by atoms with Crippen molar-refractivity contribution in [2.45, 2.75) is 84.9 Å². The average molecular weight is 424 g/mol. The van der Waals surface area contributed by atoms with E-state index >= 15 is 0 Å². The van der Waals surface area contributed by atoms with Crippen LogP contribution in [-0.4, -0.2) is 31.6 Å². The van der Waals surface area contributed by atoms with Crippen molar-refractivity contribution >= 4 is 13.6 Å². The van der Waals surface area contributed by atoms with Crippen molar-refractivity contribution < 1.29 is 13.2 Å². The molecule has 0 spiro atoms. The lowest BCUT2D eigenvalue weighted by molar-refractivity contribution is -0.137. The van der Waals surface area contributed by atoms with E-state index in [2.05, 4.69) is 84.0 Å². The second kappa shape index (κ2) is 9.53. The van der Waals surface area contributed by atoms with Gasteiger partial charge >= 0.3 is 6.18 Å². The maximum atomic E-state index is 12.9. The third kappa shape index (κ3) is 7.35. The van der Waals surface area contributed by atoms with E-state index in [1.54, 1.807) is 0 Å². The van der Waals surface area contributed by atoms with E-state index in [1.807, 2.05) is 0 Å². The molecule has 0 aliphatic heterocycles. The van der Waals surface area contributed by atoms with Crippen molar-refractivity contribution in [3.63, 3.8) is 0 Å². The molecule has 0 saturated heterocycles. The Bertz CT molecular complexity index is 747. The van der Waals surface area contributed by atoms with Gasteiger partial charge in [0.2, 0.25) is 0 Å². The number of nitrogens with zero attached hydrogens (tertiary/aromatic N) is 1. The van der Waals surface area contributed by atoms with Gasteiger partial charge in [0.1, 0.15) is 8.07 Å². The van der Waals surface area contributed by atoms with Gasteiger partial charge < -0.3 is 0 Å². The summed E-state index contributed by atoms with van der Waals surface area (Å²) in [6, 6.07) is 6.08. The molecule has 1 nitrogen and oxygen atoms in total. The van der Waals surface area contributed by atoms with Crippen LogP contribution in [0.25, 0.3) is 5.57 Å². The van der Waals surface area contributed by atoms with E-state index < -0.39 is 19.8 Å². The summed E-state index contributed by atoms with van der Waals surface area (Å²) < 4.78 is 38.8. The van der Waals surface area contributed by atoms with Crippen LogP contribution in [0.5, 0.6) is 0 Å². The first-order chi connectivity index (χ1) is 13.1. The lowest BCUT2D eigenvalue weighted by Crippen LogP contribution is -2.37. The van der Waals surface area contributed by atoms with Crippen LogP contribution in [0.1, 0.15) is 59.6 Å². The zero-order chi connectivity index (χ0) is 22.6. The summed E-state index contributed by atoms with van der Waals surface area (Å²) in [7, 11) is -1.84. The summed E-state index contributed by atoms with van der Waals surface area (Å²) in [5, 5.41) is 0.118. The molecule has 1 rings (SSSR count). The molecule has 0 bridgehead atoms. The highest BCUT2D eigenvalue weighted by atomic mass is 28.3.